The van der Waals surface area contributed by atoms with Crippen LogP contribution in [-0.4, -0.2) is 99.0 Å². The Balaban J connectivity index is 1.58. The fourth-order valence-electron chi connectivity index (χ4n) is 5.64. The summed E-state index contributed by atoms with van der Waals surface area (Å²) in [7, 11) is 0. The predicted octanol–water partition coefficient (Wildman–Crippen LogP) is 3.52. The number of esters is 1. The molecule has 2 saturated heterocycles. The Hall–Kier alpha value is -3.55. The molecule has 2 aromatic rings. The molecule has 0 saturated carbocycles. The van der Waals surface area contributed by atoms with E-state index in [-0.39, 0.29) is 42.9 Å². The summed E-state index contributed by atoms with van der Waals surface area (Å²) in [4.78, 5) is 53.6. The number of fused-ring (bicyclic) bond motifs is 1. The van der Waals surface area contributed by atoms with Gasteiger partial charge in [0.25, 0.3) is 0 Å². The minimum Gasteiger partial charge on any atom is -0.480 e. The van der Waals surface area contributed by atoms with Crippen molar-refractivity contribution in [3.63, 3.8) is 0 Å². The lowest BCUT2D eigenvalue weighted by molar-refractivity contribution is -0.147. The van der Waals surface area contributed by atoms with E-state index in [4.69, 9.17) is 21.3 Å². The number of carbonyl (C=O) groups excluding carboxylic acids is 2. The number of hydrogen-bond donors (Lipinski definition) is 2. The second-order valence-electron chi connectivity index (χ2n) is 11.2. The number of thiazole rings is 1. The van der Waals surface area contributed by atoms with Gasteiger partial charge in [0.1, 0.15) is 17.9 Å². The number of benzene rings is 1. The minimum absolute atomic E-state index is 0.0128. The van der Waals surface area contributed by atoms with Gasteiger partial charge in [0.2, 0.25) is 0 Å². The molecule has 3 atom stereocenters. The first-order valence-electron chi connectivity index (χ1n) is 13.6. The average Bonchev–Trinajstić information content (AvgIpc) is 3.56. The molecule has 3 aliphatic heterocycles. The maximum absolute atomic E-state index is 14.0. The van der Waals surface area contributed by atoms with E-state index in [0.717, 1.165) is 6.07 Å². The maximum atomic E-state index is 14.0. The van der Waals surface area contributed by atoms with Crippen molar-refractivity contribution >= 4 is 46.7 Å². The largest absolute Gasteiger partial charge is 0.480 e. The van der Waals surface area contributed by atoms with Crippen LogP contribution in [-0.2, 0) is 14.3 Å². The molecule has 1 aromatic heterocycles. The summed E-state index contributed by atoms with van der Waals surface area (Å²) in [5, 5.41) is 16.0. The third kappa shape index (κ3) is 5.60. The molecule has 2 N–H and O–H groups in total. The summed E-state index contributed by atoms with van der Waals surface area (Å²) in [5.41, 5.74) is 0.413. The second-order valence-corrected chi connectivity index (χ2v) is 12.5. The third-order valence-corrected chi connectivity index (χ3v) is 8.68. The first-order valence-corrected chi connectivity index (χ1v) is 14.8. The van der Waals surface area contributed by atoms with Gasteiger partial charge in [-0.15, -0.1) is 11.3 Å². The SMILES string of the molecule is CCOC(=O)C1=C(CN2CCN3C(=O)N(C(C)(C)C)C[C@@H]3[C@H]2C(=O)O)NC(c2nccs2)=N[C@H]1c1ccc(F)cc1Cl. The number of rotatable bonds is 7. The smallest absolute Gasteiger partial charge is 0.338 e. The number of ether oxygens (including phenoxy) is 1. The monoisotopic (exact) mass is 618 g/mol. The first-order chi connectivity index (χ1) is 19.9. The van der Waals surface area contributed by atoms with Crippen molar-refractivity contribution in [3.8, 4) is 0 Å². The molecule has 3 aliphatic rings. The summed E-state index contributed by atoms with van der Waals surface area (Å²) in [6.45, 7) is 8.36. The van der Waals surface area contributed by atoms with Crippen LogP contribution in [0, 0.1) is 5.82 Å². The van der Waals surface area contributed by atoms with Gasteiger partial charge in [-0.05, 0) is 39.8 Å². The molecule has 14 heteroatoms. The fourth-order valence-corrected chi connectivity index (χ4v) is 6.50. The van der Waals surface area contributed by atoms with Crippen LogP contribution in [0.1, 0.15) is 44.3 Å². The number of carbonyl (C=O) groups is 3. The lowest BCUT2D eigenvalue weighted by atomic mass is 9.94. The molecule has 224 valence electrons. The van der Waals surface area contributed by atoms with E-state index < -0.39 is 41.4 Å². The third-order valence-electron chi connectivity index (χ3n) is 7.57. The number of nitrogens with zero attached hydrogens (tertiary/aromatic N) is 5. The number of amides is 2. The van der Waals surface area contributed by atoms with Gasteiger partial charge in [0, 0.05) is 59.6 Å². The molecule has 0 bridgehead atoms. The van der Waals surface area contributed by atoms with Crippen LogP contribution < -0.4 is 5.32 Å². The van der Waals surface area contributed by atoms with E-state index in [1.54, 1.807) is 33.2 Å². The van der Waals surface area contributed by atoms with E-state index >= 15 is 0 Å². The van der Waals surface area contributed by atoms with Crippen molar-refractivity contribution in [2.45, 2.75) is 51.4 Å². The van der Waals surface area contributed by atoms with E-state index in [1.807, 2.05) is 20.8 Å². The van der Waals surface area contributed by atoms with Crippen molar-refractivity contribution in [2.75, 3.05) is 32.8 Å². The number of carboxylic acid groups (broad SMARTS) is 1. The van der Waals surface area contributed by atoms with Crippen LogP contribution in [0.5, 0.6) is 0 Å². The molecule has 2 fully saturated rings. The zero-order valence-corrected chi connectivity index (χ0v) is 25.2. The standard InChI is InChI=1S/C28H32ClFN6O5S/c1-5-41-26(39)20-18(13-34-9-10-35-19(22(34)25(37)38)14-36(27(35)40)28(2,3)4)32-23(24-31-8-11-42-24)33-21(20)16-7-6-15(30)12-17(16)29/h6-8,11-12,19,21-22H,5,9-10,13-14H2,1-4H3,(H,32,33)(H,37,38)/t19-,21+,22+/m1/s1. The lowest BCUT2D eigenvalue weighted by Crippen LogP contribution is -2.62. The zero-order chi connectivity index (χ0) is 30.3. The number of aromatic nitrogens is 1. The van der Waals surface area contributed by atoms with Crippen molar-refractivity contribution in [1.82, 2.24) is 25.0 Å². The van der Waals surface area contributed by atoms with Gasteiger partial charge in [0.15, 0.2) is 10.8 Å². The average molecular weight is 619 g/mol. The van der Waals surface area contributed by atoms with Gasteiger partial charge in [-0.2, -0.15) is 0 Å². The Morgan fingerprint density at radius 1 is 1.29 bits per heavy atom. The molecule has 11 nitrogen and oxygen atoms in total. The van der Waals surface area contributed by atoms with Gasteiger partial charge >= 0.3 is 18.0 Å². The molecule has 4 heterocycles. The molecule has 0 unspecified atom stereocenters. The van der Waals surface area contributed by atoms with Crippen LogP contribution in [0.4, 0.5) is 9.18 Å². The van der Waals surface area contributed by atoms with Crippen molar-refractivity contribution in [2.24, 2.45) is 4.99 Å². The number of aliphatic carboxylic acids is 1. The molecule has 0 spiro atoms. The van der Waals surface area contributed by atoms with Crippen molar-refractivity contribution in [1.29, 1.82) is 0 Å². The van der Waals surface area contributed by atoms with E-state index in [1.165, 1.54) is 23.5 Å². The molecule has 0 aliphatic carbocycles. The topological polar surface area (TPSA) is 128 Å². The van der Waals surface area contributed by atoms with E-state index in [0.29, 0.717) is 28.6 Å². The van der Waals surface area contributed by atoms with Gasteiger partial charge in [-0.1, -0.05) is 17.7 Å². The number of carboxylic acids is 1. The Morgan fingerprint density at radius 3 is 2.67 bits per heavy atom. The highest BCUT2D eigenvalue weighted by Gasteiger charge is 2.52. The van der Waals surface area contributed by atoms with Gasteiger partial charge < -0.3 is 25.0 Å². The quantitative estimate of drug-likeness (QED) is 0.451. The zero-order valence-electron chi connectivity index (χ0n) is 23.6. The number of halogens is 2. The Morgan fingerprint density at radius 2 is 2.05 bits per heavy atom. The molecular formula is C28H32ClFN6O5S. The number of urea groups is 1. The molecule has 1 aromatic carbocycles. The van der Waals surface area contributed by atoms with E-state index in [2.05, 4.69) is 10.3 Å². The Kier molecular flexibility index (Phi) is 8.28. The van der Waals surface area contributed by atoms with Crippen LogP contribution in [0.25, 0.3) is 0 Å². The highest BCUT2D eigenvalue weighted by atomic mass is 35.5. The summed E-state index contributed by atoms with van der Waals surface area (Å²) in [5.74, 6) is -1.91. The van der Waals surface area contributed by atoms with Gasteiger partial charge in [-0.25, -0.2) is 19.0 Å². The Labute approximate surface area is 251 Å². The normalized spacial score (nSPS) is 23.0. The first kappa shape index (κ1) is 29.9. The van der Waals surface area contributed by atoms with Crippen molar-refractivity contribution in [3.05, 3.63) is 62.5 Å². The summed E-state index contributed by atoms with van der Waals surface area (Å²) in [6.07, 6.45) is 1.62. The number of amidine groups is 1. The van der Waals surface area contributed by atoms with Crippen LogP contribution in [0.2, 0.25) is 5.02 Å². The Bertz CT molecular complexity index is 1460. The molecule has 2 amide bonds. The highest BCUT2D eigenvalue weighted by molar-refractivity contribution is 7.11. The van der Waals surface area contributed by atoms with Crippen LogP contribution >= 0.6 is 22.9 Å². The summed E-state index contributed by atoms with van der Waals surface area (Å²) >= 11 is 7.79. The predicted molar refractivity (Wildman–Crippen MR) is 155 cm³/mol. The number of piperazine rings is 1. The summed E-state index contributed by atoms with van der Waals surface area (Å²) < 4.78 is 19.4. The second kappa shape index (κ2) is 11.6. The van der Waals surface area contributed by atoms with Gasteiger partial charge in [0.05, 0.1) is 18.2 Å². The van der Waals surface area contributed by atoms with Crippen LogP contribution in [0.15, 0.2) is 46.0 Å². The number of aliphatic imine (C=N–C) groups is 1. The number of hydrogen-bond acceptors (Lipinski definition) is 9. The van der Waals surface area contributed by atoms with Gasteiger partial charge in [-0.3, -0.25) is 14.7 Å². The minimum atomic E-state index is -1.07. The number of nitrogens with one attached hydrogen (secondary N) is 1. The molecule has 0 radical (unpaired) electrons. The molecule has 42 heavy (non-hydrogen) atoms. The molecule has 5 rings (SSSR count). The van der Waals surface area contributed by atoms with Crippen LogP contribution in [0.3, 0.4) is 0 Å². The van der Waals surface area contributed by atoms with Crippen molar-refractivity contribution < 1.29 is 28.6 Å². The fraction of sp³-hybridized carbons (Fsp3) is 0.464. The molecular weight excluding hydrogens is 587 g/mol. The summed E-state index contributed by atoms with van der Waals surface area (Å²) in [6, 6.07) is 1.07. The maximum Gasteiger partial charge on any atom is 0.338 e. The lowest BCUT2D eigenvalue weighted by Gasteiger charge is -2.42. The highest BCUT2D eigenvalue weighted by Crippen LogP contribution is 2.38. The van der Waals surface area contributed by atoms with E-state index in [9.17, 15) is 23.9 Å².